The Morgan fingerprint density at radius 3 is 2.78 bits per heavy atom. The third kappa shape index (κ3) is 3.75. The summed E-state index contributed by atoms with van der Waals surface area (Å²) in [6.07, 6.45) is 2.06. The summed E-state index contributed by atoms with van der Waals surface area (Å²) in [4.78, 5) is 1.15. The molecular weight excluding hydrogens is 249 g/mol. The van der Waals surface area contributed by atoms with Gasteiger partial charge in [0.2, 0.25) is 0 Å². The molecule has 0 spiro atoms. The Morgan fingerprint density at radius 1 is 1.44 bits per heavy atom. The molecule has 0 aromatic heterocycles. The number of aliphatic hydroxyl groups is 1. The van der Waals surface area contributed by atoms with Crippen molar-refractivity contribution in [2.45, 2.75) is 17.7 Å². The third-order valence-corrected chi connectivity index (χ3v) is 4.39. The number of thioether (sulfide) groups is 1. The minimum Gasteiger partial charge on any atom is -0.508 e. The van der Waals surface area contributed by atoms with Gasteiger partial charge in [0, 0.05) is 29.3 Å². The van der Waals surface area contributed by atoms with E-state index in [2.05, 4.69) is 6.58 Å². The zero-order valence-electron chi connectivity index (χ0n) is 10.3. The van der Waals surface area contributed by atoms with Crippen LogP contribution in [0.2, 0.25) is 0 Å². The number of benzene rings is 1. The highest BCUT2D eigenvalue weighted by molar-refractivity contribution is 7.99. The van der Waals surface area contributed by atoms with Crippen molar-refractivity contribution in [1.82, 2.24) is 5.12 Å². The fourth-order valence-corrected chi connectivity index (χ4v) is 3.14. The van der Waals surface area contributed by atoms with Crippen molar-refractivity contribution in [3.8, 4) is 0 Å². The van der Waals surface area contributed by atoms with Crippen LogP contribution in [0.15, 0.2) is 35.7 Å². The first-order chi connectivity index (χ1) is 8.65. The zero-order chi connectivity index (χ0) is 13.0. The number of nitrogens with zero attached hydrogens (tertiary/aromatic N) is 1. The molecule has 98 valence electrons. The standard InChI is InChI=1S/C14H18FNOS/c1-11(17)13-4-6-14(7-5-13)18-10-12-3-2-8-16(15)9-12/h4-7,12,17H,1-3,8-10H2. The average Bonchev–Trinajstić information content (AvgIpc) is 2.37. The number of aliphatic hydroxyl groups excluding tert-OH is 1. The summed E-state index contributed by atoms with van der Waals surface area (Å²) >= 11 is 1.74. The average molecular weight is 267 g/mol. The van der Waals surface area contributed by atoms with Crippen LogP contribution < -0.4 is 0 Å². The van der Waals surface area contributed by atoms with E-state index in [4.69, 9.17) is 0 Å². The number of rotatable bonds is 4. The molecule has 1 aromatic carbocycles. The van der Waals surface area contributed by atoms with E-state index in [1.807, 2.05) is 24.3 Å². The van der Waals surface area contributed by atoms with Gasteiger partial charge >= 0.3 is 0 Å². The van der Waals surface area contributed by atoms with Crippen molar-refractivity contribution in [2.75, 3.05) is 18.8 Å². The predicted molar refractivity (Wildman–Crippen MR) is 74.2 cm³/mol. The van der Waals surface area contributed by atoms with E-state index in [0.717, 1.165) is 34.2 Å². The molecule has 1 fully saturated rings. The van der Waals surface area contributed by atoms with Crippen LogP contribution >= 0.6 is 11.8 Å². The molecule has 2 rings (SSSR count). The maximum atomic E-state index is 13.1. The molecule has 1 unspecified atom stereocenters. The number of piperidine rings is 1. The lowest BCUT2D eigenvalue weighted by molar-refractivity contribution is -0.0116. The van der Waals surface area contributed by atoms with Gasteiger partial charge in [0.1, 0.15) is 5.76 Å². The molecule has 1 saturated heterocycles. The van der Waals surface area contributed by atoms with Crippen molar-refractivity contribution in [3.63, 3.8) is 0 Å². The second-order valence-corrected chi connectivity index (χ2v) is 5.75. The molecule has 4 heteroatoms. The van der Waals surface area contributed by atoms with E-state index in [-0.39, 0.29) is 5.76 Å². The van der Waals surface area contributed by atoms with Gasteiger partial charge in [-0.1, -0.05) is 18.7 Å². The van der Waals surface area contributed by atoms with Gasteiger partial charge in [0.25, 0.3) is 0 Å². The van der Waals surface area contributed by atoms with Gasteiger partial charge in [-0.05, 0) is 30.9 Å². The van der Waals surface area contributed by atoms with E-state index in [0.29, 0.717) is 19.0 Å². The normalized spacial score (nSPS) is 20.8. The van der Waals surface area contributed by atoms with Gasteiger partial charge in [-0.3, -0.25) is 0 Å². The summed E-state index contributed by atoms with van der Waals surface area (Å²) in [6.45, 7) is 4.62. The van der Waals surface area contributed by atoms with Crippen LogP contribution in [0.4, 0.5) is 4.48 Å². The molecule has 0 amide bonds. The minimum absolute atomic E-state index is 0.0897. The first kappa shape index (κ1) is 13.4. The molecule has 1 aliphatic rings. The summed E-state index contributed by atoms with van der Waals surface area (Å²) in [6, 6.07) is 7.65. The van der Waals surface area contributed by atoms with Crippen LogP contribution in [0.3, 0.4) is 0 Å². The Balaban J connectivity index is 1.84. The minimum atomic E-state index is 0.0897. The number of hydrogen-bond donors (Lipinski definition) is 1. The number of hydrogen-bond acceptors (Lipinski definition) is 3. The van der Waals surface area contributed by atoms with Gasteiger partial charge in [0.15, 0.2) is 0 Å². The maximum absolute atomic E-state index is 13.1. The molecular formula is C14H18FNOS. The van der Waals surface area contributed by atoms with Crippen LogP contribution in [0, 0.1) is 5.92 Å². The van der Waals surface area contributed by atoms with E-state index < -0.39 is 0 Å². The van der Waals surface area contributed by atoms with E-state index in [9.17, 15) is 9.59 Å². The van der Waals surface area contributed by atoms with Gasteiger partial charge in [-0.15, -0.1) is 21.4 Å². The van der Waals surface area contributed by atoms with E-state index in [1.165, 1.54) is 0 Å². The Hall–Kier alpha value is -1.00. The summed E-state index contributed by atoms with van der Waals surface area (Å²) in [7, 11) is 0. The van der Waals surface area contributed by atoms with Crippen LogP contribution in [-0.2, 0) is 0 Å². The molecule has 1 aromatic rings. The lowest BCUT2D eigenvalue weighted by atomic mass is 10.0. The third-order valence-electron chi connectivity index (χ3n) is 3.14. The lowest BCUT2D eigenvalue weighted by Gasteiger charge is -2.25. The fourth-order valence-electron chi connectivity index (χ4n) is 2.11. The van der Waals surface area contributed by atoms with Crippen molar-refractivity contribution in [2.24, 2.45) is 5.92 Å². The van der Waals surface area contributed by atoms with E-state index >= 15 is 0 Å². The Bertz CT molecular complexity index is 407. The first-order valence-corrected chi connectivity index (χ1v) is 7.15. The van der Waals surface area contributed by atoms with Crippen molar-refractivity contribution in [3.05, 3.63) is 36.4 Å². The molecule has 0 saturated carbocycles. The van der Waals surface area contributed by atoms with Crippen LogP contribution in [0.5, 0.6) is 0 Å². The maximum Gasteiger partial charge on any atom is 0.115 e. The molecule has 1 atom stereocenters. The highest BCUT2D eigenvalue weighted by Crippen LogP contribution is 2.26. The molecule has 0 radical (unpaired) electrons. The second-order valence-electron chi connectivity index (χ2n) is 4.66. The largest absolute Gasteiger partial charge is 0.508 e. The van der Waals surface area contributed by atoms with Crippen LogP contribution in [0.25, 0.3) is 5.76 Å². The Kier molecular flexibility index (Phi) is 4.66. The topological polar surface area (TPSA) is 23.5 Å². The van der Waals surface area contributed by atoms with Gasteiger partial charge in [0.05, 0.1) is 0 Å². The first-order valence-electron chi connectivity index (χ1n) is 6.17. The number of halogens is 1. The van der Waals surface area contributed by atoms with Gasteiger partial charge in [-0.2, -0.15) is 0 Å². The van der Waals surface area contributed by atoms with Crippen molar-refractivity contribution >= 4 is 17.5 Å². The monoisotopic (exact) mass is 267 g/mol. The van der Waals surface area contributed by atoms with Gasteiger partial charge in [-0.25, -0.2) is 0 Å². The van der Waals surface area contributed by atoms with Crippen LogP contribution in [-0.4, -0.2) is 29.1 Å². The van der Waals surface area contributed by atoms with Crippen LogP contribution in [0.1, 0.15) is 18.4 Å². The van der Waals surface area contributed by atoms with E-state index in [1.54, 1.807) is 11.8 Å². The summed E-state index contributed by atoms with van der Waals surface area (Å²) in [5.74, 6) is 1.47. The van der Waals surface area contributed by atoms with Crippen molar-refractivity contribution < 1.29 is 9.59 Å². The molecule has 0 bridgehead atoms. The van der Waals surface area contributed by atoms with Gasteiger partial charge < -0.3 is 5.11 Å². The quantitative estimate of drug-likeness (QED) is 0.508. The second kappa shape index (κ2) is 6.25. The Labute approximate surface area is 111 Å². The fraction of sp³-hybridized carbons (Fsp3) is 0.429. The highest BCUT2D eigenvalue weighted by Gasteiger charge is 2.19. The highest BCUT2D eigenvalue weighted by atomic mass is 32.2. The summed E-state index contributed by atoms with van der Waals surface area (Å²) in [5, 5.41) is 10.2. The SMILES string of the molecule is C=C(O)c1ccc(SCC2CCCN(F)C2)cc1. The Morgan fingerprint density at radius 2 is 2.17 bits per heavy atom. The molecule has 18 heavy (non-hydrogen) atoms. The van der Waals surface area contributed by atoms with Crippen molar-refractivity contribution in [1.29, 1.82) is 0 Å². The smallest absolute Gasteiger partial charge is 0.115 e. The lowest BCUT2D eigenvalue weighted by Crippen LogP contribution is -2.30. The summed E-state index contributed by atoms with van der Waals surface area (Å²) < 4.78 is 13.1. The molecule has 2 nitrogen and oxygen atoms in total. The molecule has 1 N–H and O–H groups in total. The summed E-state index contributed by atoms with van der Waals surface area (Å²) in [5.41, 5.74) is 0.743. The molecule has 0 aliphatic carbocycles. The molecule has 1 heterocycles. The predicted octanol–water partition coefficient (Wildman–Crippen LogP) is 3.90. The zero-order valence-corrected chi connectivity index (χ0v) is 11.1. The molecule has 1 aliphatic heterocycles.